The Morgan fingerprint density at radius 2 is 1.96 bits per heavy atom. The van der Waals surface area contributed by atoms with Crippen molar-refractivity contribution < 1.29 is 14.7 Å². The molecular formula is C19H18N4O3. The quantitative estimate of drug-likeness (QED) is 0.659. The number of pyridine rings is 2. The zero-order chi connectivity index (χ0) is 18.4. The lowest BCUT2D eigenvalue weighted by Gasteiger charge is -2.20. The van der Waals surface area contributed by atoms with Gasteiger partial charge in [-0.3, -0.25) is 20.5 Å². The van der Waals surface area contributed by atoms with Gasteiger partial charge in [0, 0.05) is 25.0 Å². The molecule has 0 atom stereocenters. The summed E-state index contributed by atoms with van der Waals surface area (Å²) in [5.41, 5.74) is 3.80. The smallest absolute Gasteiger partial charge is 0.259 e. The molecule has 0 aliphatic heterocycles. The van der Waals surface area contributed by atoms with Crippen LogP contribution in [-0.4, -0.2) is 27.6 Å². The molecule has 0 fully saturated rings. The van der Waals surface area contributed by atoms with E-state index in [9.17, 15) is 4.79 Å². The Kier molecular flexibility index (Phi) is 5.40. The molecule has 7 nitrogen and oxygen atoms in total. The third-order valence-corrected chi connectivity index (χ3v) is 3.71. The minimum absolute atomic E-state index is 0.155. The van der Waals surface area contributed by atoms with E-state index in [1.807, 2.05) is 18.5 Å². The molecule has 0 spiro atoms. The number of carbonyl (C=O) groups is 1. The molecule has 2 heterocycles. The Balaban J connectivity index is 1.72. The van der Waals surface area contributed by atoms with Gasteiger partial charge < -0.3 is 9.64 Å². The number of hydrogen-bond acceptors (Lipinski definition) is 6. The first-order chi connectivity index (χ1) is 12.7. The summed E-state index contributed by atoms with van der Waals surface area (Å²) in [4.78, 5) is 22.6. The average molecular weight is 350 g/mol. The standard InChI is InChI=1S/C19H18N4O3/c1-2-23(16-4-3-11-20-13-16)19(24)14-5-10-18(21-12-14)26-17-8-6-15(22-25)7-9-17/h3-13,22,25H,2H2,1H3. The Bertz CT molecular complexity index is 852. The maximum Gasteiger partial charge on any atom is 0.259 e. The molecule has 7 heteroatoms. The highest BCUT2D eigenvalue weighted by molar-refractivity contribution is 6.05. The molecule has 0 unspecified atom stereocenters. The predicted molar refractivity (Wildman–Crippen MR) is 97.7 cm³/mol. The lowest BCUT2D eigenvalue weighted by Crippen LogP contribution is -2.30. The molecule has 3 aromatic rings. The van der Waals surface area contributed by atoms with Crippen molar-refractivity contribution in [1.29, 1.82) is 0 Å². The lowest BCUT2D eigenvalue weighted by atomic mass is 10.2. The second-order valence-electron chi connectivity index (χ2n) is 5.38. The molecule has 0 saturated carbocycles. The maximum absolute atomic E-state index is 12.7. The Labute approximate surface area is 150 Å². The third kappa shape index (κ3) is 3.96. The van der Waals surface area contributed by atoms with Gasteiger partial charge in [0.15, 0.2) is 0 Å². The number of ether oxygens (including phenoxy) is 1. The number of anilines is 2. The van der Waals surface area contributed by atoms with E-state index >= 15 is 0 Å². The van der Waals surface area contributed by atoms with Gasteiger partial charge in [-0.05, 0) is 49.4 Å². The fraction of sp³-hybridized carbons (Fsp3) is 0.105. The topological polar surface area (TPSA) is 87.6 Å². The summed E-state index contributed by atoms with van der Waals surface area (Å²) in [6.07, 6.45) is 4.80. The molecule has 2 N–H and O–H groups in total. The van der Waals surface area contributed by atoms with E-state index in [1.54, 1.807) is 59.8 Å². The van der Waals surface area contributed by atoms with Crippen molar-refractivity contribution in [3.05, 3.63) is 72.7 Å². The fourth-order valence-corrected chi connectivity index (χ4v) is 2.40. The Morgan fingerprint density at radius 1 is 1.15 bits per heavy atom. The van der Waals surface area contributed by atoms with Gasteiger partial charge in [0.25, 0.3) is 5.91 Å². The number of benzene rings is 1. The molecule has 0 bridgehead atoms. The van der Waals surface area contributed by atoms with Crippen molar-refractivity contribution in [3.63, 3.8) is 0 Å². The van der Waals surface area contributed by atoms with Crippen LogP contribution in [0.15, 0.2) is 67.1 Å². The van der Waals surface area contributed by atoms with E-state index in [1.165, 1.54) is 6.20 Å². The number of nitrogens with zero attached hydrogens (tertiary/aromatic N) is 3. The zero-order valence-electron chi connectivity index (χ0n) is 14.2. The molecule has 0 saturated heterocycles. The molecule has 26 heavy (non-hydrogen) atoms. The van der Waals surface area contributed by atoms with Crippen LogP contribution in [0.2, 0.25) is 0 Å². The van der Waals surface area contributed by atoms with Crippen LogP contribution in [0.4, 0.5) is 11.4 Å². The lowest BCUT2D eigenvalue weighted by molar-refractivity contribution is 0.0988. The van der Waals surface area contributed by atoms with Gasteiger partial charge in [-0.2, -0.15) is 0 Å². The number of aromatic nitrogens is 2. The summed E-state index contributed by atoms with van der Waals surface area (Å²) in [5.74, 6) is 0.787. The second-order valence-corrected chi connectivity index (χ2v) is 5.38. The molecule has 1 amide bonds. The van der Waals surface area contributed by atoms with E-state index in [0.717, 1.165) is 5.69 Å². The molecule has 2 aromatic heterocycles. The largest absolute Gasteiger partial charge is 0.439 e. The van der Waals surface area contributed by atoms with E-state index < -0.39 is 0 Å². The average Bonchev–Trinajstić information content (AvgIpc) is 2.70. The highest BCUT2D eigenvalue weighted by atomic mass is 16.5. The highest BCUT2D eigenvalue weighted by Crippen LogP contribution is 2.22. The number of hydrogen-bond donors (Lipinski definition) is 2. The summed E-state index contributed by atoms with van der Waals surface area (Å²) >= 11 is 0. The molecule has 0 aliphatic rings. The van der Waals surface area contributed by atoms with E-state index in [2.05, 4.69) is 9.97 Å². The van der Waals surface area contributed by atoms with Gasteiger partial charge in [-0.25, -0.2) is 4.98 Å². The summed E-state index contributed by atoms with van der Waals surface area (Å²) in [5, 5.41) is 8.81. The molecule has 3 rings (SSSR count). The SMILES string of the molecule is CCN(C(=O)c1ccc(Oc2ccc(NO)cc2)nc1)c1cccnc1. The van der Waals surface area contributed by atoms with Crippen LogP contribution >= 0.6 is 0 Å². The normalized spacial score (nSPS) is 10.2. The summed E-state index contributed by atoms with van der Waals surface area (Å²) < 4.78 is 5.63. The van der Waals surface area contributed by atoms with Crippen LogP contribution in [0.1, 0.15) is 17.3 Å². The Morgan fingerprint density at radius 3 is 2.54 bits per heavy atom. The Hall–Kier alpha value is -3.45. The first-order valence-corrected chi connectivity index (χ1v) is 8.07. The highest BCUT2D eigenvalue weighted by Gasteiger charge is 2.16. The minimum atomic E-state index is -0.155. The zero-order valence-corrected chi connectivity index (χ0v) is 14.2. The van der Waals surface area contributed by atoms with Gasteiger partial charge >= 0.3 is 0 Å². The van der Waals surface area contributed by atoms with Crippen LogP contribution in [0.25, 0.3) is 0 Å². The number of amides is 1. The first kappa shape index (κ1) is 17.4. The third-order valence-electron chi connectivity index (χ3n) is 3.71. The maximum atomic E-state index is 12.7. The van der Waals surface area contributed by atoms with Crippen LogP contribution in [0.5, 0.6) is 11.6 Å². The summed E-state index contributed by atoms with van der Waals surface area (Å²) in [6, 6.07) is 13.7. The van der Waals surface area contributed by atoms with Gasteiger partial charge in [-0.15, -0.1) is 0 Å². The van der Waals surface area contributed by atoms with Crippen molar-refractivity contribution in [3.8, 4) is 11.6 Å². The molecule has 0 aliphatic carbocycles. The fourth-order valence-electron chi connectivity index (χ4n) is 2.40. The second kappa shape index (κ2) is 8.09. The monoisotopic (exact) mass is 350 g/mol. The van der Waals surface area contributed by atoms with Crippen LogP contribution in [-0.2, 0) is 0 Å². The van der Waals surface area contributed by atoms with Crippen LogP contribution in [0, 0.1) is 0 Å². The van der Waals surface area contributed by atoms with Gasteiger partial charge in [-0.1, -0.05) is 0 Å². The van der Waals surface area contributed by atoms with Crippen molar-refractivity contribution in [2.75, 3.05) is 16.9 Å². The number of carbonyl (C=O) groups excluding carboxylic acids is 1. The van der Waals surface area contributed by atoms with Crippen LogP contribution < -0.4 is 15.1 Å². The molecule has 0 radical (unpaired) electrons. The molecular weight excluding hydrogens is 332 g/mol. The van der Waals surface area contributed by atoms with E-state index in [4.69, 9.17) is 9.94 Å². The van der Waals surface area contributed by atoms with E-state index in [0.29, 0.717) is 29.4 Å². The van der Waals surface area contributed by atoms with Crippen molar-refractivity contribution >= 4 is 17.3 Å². The number of nitrogens with one attached hydrogen (secondary N) is 1. The summed E-state index contributed by atoms with van der Waals surface area (Å²) in [7, 11) is 0. The summed E-state index contributed by atoms with van der Waals surface area (Å²) in [6.45, 7) is 2.43. The van der Waals surface area contributed by atoms with Crippen molar-refractivity contribution in [1.82, 2.24) is 9.97 Å². The van der Waals surface area contributed by atoms with Crippen molar-refractivity contribution in [2.45, 2.75) is 6.92 Å². The predicted octanol–water partition coefficient (Wildman–Crippen LogP) is 3.74. The van der Waals surface area contributed by atoms with E-state index in [-0.39, 0.29) is 5.91 Å². The number of rotatable bonds is 6. The van der Waals surface area contributed by atoms with Crippen molar-refractivity contribution in [2.24, 2.45) is 0 Å². The molecule has 1 aromatic carbocycles. The molecule has 132 valence electrons. The van der Waals surface area contributed by atoms with Gasteiger partial charge in [0.2, 0.25) is 5.88 Å². The van der Waals surface area contributed by atoms with Gasteiger partial charge in [0.05, 0.1) is 23.1 Å². The van der Waals surface area contributed by atoms with Gasteiger partial charge in [0.1, 0.15) is 5.75 Å². The minimum Gasteiger partial charge on any atom is -0.439 e. The van der Waals surface area contributed by atoms with Crippen LogP contribution in [0.3, 0.4) is 0 Å². The first-order valence-electron chi connectivity index (χ1n) is 8.07.